The highest BCUT2D eigenvalue weighted by molar-refractivity contribution is 5.95. The molecule has 4 aromatic rings. The van der Waals surface area contributed by atoms with Gasteiger partial charge in [-0.3, -0.25) is 9.69 Å². The largest absolute Gasteiger partial charge is 0.402 e. The van der Waals surface area contributed by atoms with Crippen LogP contribution in [0.2, 0.25) is 0 Å². The standard InChI is InChI=1S/C31H30N2O/c32-29(21-25-13-5-1-6-14-25)22-30(34)31(28-19-11-4-12-20-28)33(23-26-15-7-2-8-16-26)24-27-17-9-3-10-18-27/h1-20,22,31H,21,23-24,32H2/b29-22-/t31-/m0/s1. The number of nitrogens with two attached hydrogens (primary N) is 1. The number of allylic oxidation sites excluding steroid dienone is 1. The molecule has 0 saturated carbocycles. The lowest BCUT2D eigenvalue weighted by atomic mass is 9.97. The summed E-state index contributed by atoms with van der Waals surface area (Å²) in [4.78, 5) is 16.0. The van der Waals surface area contributed by atoms with Crippen LogP contribution in [0.1, 0.15) is 28.3 Å². The molecule has 0 unspecified atom stereocenters. The summed E-state index contributed by atoms with van der Waals surface area (Å²) in [6.07, 6.45) is 2.17. The van der Waals surface area contributed by atoms with Gasteiger partial charge >= 0.3 is 0 Å². The third-order valence-electron chi connectivity index (χ3n) is 5.79. The van der Waals surface area contributed by atoms with Crippen molar-refractivity contribution >= 4 is 5.78 Å². The number of hydrogen-bond acceptors (Lipinski definition) is 3. The predicted molar refractivity (Wildman–Crippen MR) is 139 cm³/mol. The van der Waals surface area contributed by atoms with Crippen molar-refractivity contribution in [2.45, 2.75) is 25.6 Å². The lowest BCUT2D eigenvalue weighted by Crippen LogP contribution is -2.33. The predicted octanol–water partition coefficient (Wildman–Crippen LogP) is 6.08. The van der Waals surface area contributed by atoms with E-state index in [4.69, 9.17) is 5.73 Å². The van der Waals surface area contributed by atoms with Crippen LogP contribution in [-0.4, -0.2) is 10.7 Å². The smallest absolute Gasteiger partial charge is 0.179 e. The Balaban J connectivity index is 1.68. The van der Waals surface area contributed by atoms with Crippen LogP contribution in [0.5, 0.6) is 0 Å². The molecule has 4 aromatic carbocycles. The third kappa shape index (κ3) is 6.53. The Morgan fingerprint density at radius 1 is 0.647 bits per heavy atom. The fraction of sp³-hybridized carbons (Fsp3) is 0.129. The van der Waals surface area contributed by atoms with E-state index in [9.17, 15) is 4.79 Å². The molecule has 0 saturated heterocycles. The van der Waals surface area contributed by atoms with Crippen molar-refractivity contribution in [3.63, 3.8) is 0 Å². The zero-order valence-electron chi connectivity index (χ0n) is 19.3. The van der Waals surface area contributed by atoms with E-state index >= 15 is 0 Å². The van der Waals surface area contributed by atoms with Crippen LogP contribution in [-0.2, 0) is 24.3 Å². The molecule has 0 fully saturated rings. The van der Waals surface area contributed by atoms with E-state index in [2.05, 4.69) is 29.2 Å². The Labute approximate surface area is 202 Å². The Hall–Kier alpha value is -3.95. The zero-order chi connectivity index (χ0) is 23.6. The number of hydrogen-bond donors (Lipinski definition) is 1. The van der Waals surface area contributed by atoms with Gasteiger partial charge in [-0.1, -0.05) is 121 Å². The van der Waals surface area contributed by atoms with Crippen molar-refractivity contribution in [3.05, 3.63) is 155 Å². The van der Waals surface area contributed by atoms with E-state index in [1.54, 1.807) is 6.08 Å². The third-order valence-corrected chi connectivity index (χ3v) is 5.79. The van der Waals surface area contributed by atoms with E-state index in [1.807, 2.05) is 97.1 Å². The maximum atomic E-state index is 13.8. The monoisotopic (exact) mass is 446 g/mol. The number of carbonyl (C=O) groups is 1. The minimum absolute atomic E-state index is 0.00788. The molecule has 0 spiro atoms. The van der Waals surface area contributed by atoms with E-state index in [-0.39, 0.29) is 5.78 Å². The van der Waals surface area contributed by atoms with Gasteiger partial charge in [-0.15, -0.1) is 0 Å². The molecule has 0 heterocycles. The van der Waals surface area contributed by atoms with Crippen molar-refractivity contribution in [1.29, 1.82) is 0 Å². The van der Waals surface area contributed by atoms with Crippen molar-refractivity contribution in [1.82, 2.24) is 4.90 Å². The van der Waals surface area contributed by atoms with Crippen molar-refractivity contribution in [2.24, 2.45) is 5.73 Å². The number of carbonyl (C=O) groups excluding carboxylic acids is 1. The van der Waals surface area contributed by atoms with E-state index in [1.165, 1.54) is 0 Å². The molecule has 4 rings (SSSR count). The van der Waals surface area contributed by atoms with E-state index in [0.717, 1.165) is 22.3 Å². The van der Waals surface area contributed by atoms with Gasteiger partial charge in [0.15, 0.2) is 5.78 Å². The first kappa shape index (κ1) is 23.2. The first-order valence-electron chi connectivity index (χ1n) is 11.6. The summed E-state index contributed by atoms with van der Waals surface area (Å²) in [5.41, 5.74) is 11.3. The number of rotatable bonds is 10. The molecular formula is C31H30N2O. The summed E-state index contributed by atoms with van der Waals surface area (Å²) in [5.74, 6) is -0.00788. The van der Waals surface area contributed by atoms with Gasteiger partial charge in [0.1, 0.15) is 0 Å². The quantitative estimate of drug-likeness (QED) is 0.300. The molecule has 3 heteroatoms. The highest BCUT2D eigenvalue weighted by Crippen LogP contribution is 2.27. The maximum absolute atomic E-state index is 13.8. The highest BCUT2D eigenvalue weighted by atomic mass is 16.1. The minimum atomic E-state index is -0.448. The van der Waals surface area contributed by atoms with Gasteiger partial charge in [0.2, 0.25) is 0 Å². The zero-order valence-corrected chi connectivity index (χ0v) is 19.3. The van der Waals surface area contributed by atoms with Crippen LogP contribution in [0.15, 0.2) is 133 Å². The number of nitrogens with zero attached hydrogens (tertiary/aromatic N) is 1. The van der Waals surface area contributed by atoms with Crippen LogP contribution >= 0.6 is 0 Å². The highest BCUT2D eigenvalue weighted by Gasteiger charge is 2.27. The SMILES string of the molecule is N/C(=C\C(=O)[C@H](c1ccccc1)N(Cc1ccccc1)Cc1ccccc1)Cc1ccccc1. The molecule has 0 amide bonds. The van der Waals surface area contributed by atoms with Crippen molar-refractivity contribution in [2.75, 3.05) is 0 Å². The summed E-state index contributed by atoms with van der Waals surface area (Å²) in [5, 5.41) is 0. The molecule has 0 aliphatic rings. The number of benzene rings is 4. The molecule has 3 nitrogen and oxygen atoms in total. The summed E-state index contributed by atoms with van der Waals surface area (Å²) in [6, 6.07) is 40.1. The average molecular weight is 447 g/mol. The second-order valence-corrected chi connectivity index (χ2v) is 8.47. The Morgan fingerprint density at radius 3 is 1.53 bits per heavy atom. The van der Waals surface area contributed by atoms with Gasteiger partial charge in [0, 0.05) is 31.3 Å². The molecule has 1 atom stereocenters. The van der Waals surface area contributed by atoms with Crippen LogP contribution in [0, 0.1) is 0 Å². The summed E-state index contributed by atoms with van der Waals surface area (Å²) >= 11 is 0. The van der Waals surface area contributed by atoms with Gasteiger partial charge < -0.3 is 5.73 Å². The second-order valence-electron chi connectivity index (χ2n) is 8.47. The molecule has 0 aromatic heterocycles. The van der Waals surface area contributed by atoms with E-state index < -0.39 is 6.04 Å². The van der Waals surface area contributed by atoms with Crippen LogP contribution < -0.4 is 5.73 Å². The fourth-order valence-corrected chi connectivity index (χ4v) is 4.21. The molecule has 34 heavy (non-hydrogen) atoms. The van der Waals surface area contributed by atoms with Crippen molar-refractivity contribution in [3.8, 4) is 0 Å². The fourth-order valence-electron chi connectivity index (χ4n) is 4.21. The van der Waals surface area contributed by atoms with Gasteiger partial charge in [-0.2, -0.15) is 0 Å². The first-order chi connectivity index (χ1) is 16.7. The minimum Gasteiger partial charge on any atom is -0.402 e. The van der Waals surface area contributed by atoms with Crippen LogP contribution in [0.4, 0.5) is 0 Å². The number of ketones is 1. The maximum Gasteiger partial charge on any atom is 0.179 e. The molecule has 2 N–H and O–H groups in total. The molecule has 0 aliphatic heterocycles. The van der Waals surface area contributed by atoms with Crippen LogP contribution in [0.25, 0.3) is 0 Å². The normalized spacial score (nSPS) is 12.4. The van der Waals surface area contributed by atoms with Gasteiger partial charge in [0.25, 0.3) is 0 Å². The summed E-state index contributed by atoms with van der Waals surface area (Å²) < 4.78 is 0. The first-order valence-corrected chi connectivity index (χ1v) is 11.6. The van der Waals surface area contributed by atoms with Crippen LogP contribution in [0.3, 0.4) is 0 Å². The Morgan fingerprint density at radius 2 is 1.06 bits per heavy atom. The summed E-state index contributed by atoms with van der Waals surface area (Å²) in [7, 11) is 0. The summed E-state index contributed by atoms with van der Waals surface area (Å²) in [6.45, 7) is 1.29. The second kappa shape index (κ2) is 11.8. The molecule has 170 valence electrons. The Kier molecular flexibility index (Phi) is 8.04. The molecule has 0 bridgehead atoms. The molecular weight excluding hydrogens is 416 g/mol. The van der Waals surface area contributed by atoms with E-state index in [0.29, 0.717) is 25.2 Å². The van der Waals surface area contributed by atoms with Gasteiger partial charge in [-0.25, -0.2) is 0 Å². The van der Waals surface area contributed by atoms with Gasteiger partial charge in [-0.05, 0) is 22.3 Å². The molecule has 0 aliphatic carbocycles. The topological polar surface area (TPSA) is 46.3 Å². The lowest BCUT2D eigenvalue weighted by Gasteiger charge is -2.31. The molecule has 0 radical (unpaired) electrons. The lowest BCUT2D eigenvalue weighted by molar-refractivity contribution is -0.120. The Bertz CT molecular complexity index is 1150. The van der Waals surface area contributed by atoms with Gasteiger partial charge in [0.05, 0.1) is 6.04 Å². The van der Waals surface area contributed by atoms with Crippen molar-refractivity contribution < 1.29 is 4.79 Å². The average Bonchev–Trinajstić information content (AvgIpc) is 2.86.